The summed E-state index contributed by atoms with van der Waals surface area (Å²) in [5, 5.41) is 3.66. The molecule has 0 heterocycles. The highest BCUT2D eigenvalue weighted by molar-refractivity contribution is 5.75. The molecule has 4 nitrogen and oxygen atoms in total. The Labute approximate surface area is 127 Å². The van der Waals surface area contributed by atoms with Crippen molar-refractivity contribution in [2.75, 3.05) is 11.9 Å². The predicted molar refractivity (Wildman–Crippen MR) is 85.3 cm³/mol. The minimum atomic E-state index is -0.459. The molecule has 21 heavy (non-hydrogen) atoms. The standard InChI is InChI=1S/C17H26N2O2/c1-12(2)15-5-3-4-6-16(15)19-13-7-9-14(10-8-13)21-11-17(18)20/h7-10,12,15-16,19H,3-6,11H2,1-2H3,(H2,18,20). The summed E-state index contributed by atoms with van der Waals surface area (Å²) in [5.41, 5.74) is 6.17. The minimum absolute atomic E-state index is 0.0785. The van der Waals surface area contributed by atoms with E-state index in [0.717, 1.165) is 11.6 Å². The molecule has 3 N–H and O–H groups in total. The molecule has 0 saturated heterocycles. The van der Waals surface area contributed by atoms with E-state index >= 15 is 0 Å². The van der Waals surface area contributed by atoms with Gasteiger partial charge in [-0.1, -0.05) is 26.7 Å². The molecule has 0 aliphatic heterocycles. The second kappa shape index (κ2) is 7.34. The summed E-state index contributed by atoms with van der Waals surface area (Å²) < 4.78 is 5.27. The zero-order valence-electron chi connectivity index (χ0n) is 13.0. The number of amides is 1. The van der Waals surface area contributed by atoms with Gasteiger partial charge in [-0.05, 0) is 48.9 Å². The summed E-state index contributed by atoms with van der Waals surface area (Å²) >= 11 is 0. The Balaban J connectivity index is 1.94. The smallest absolute Gasteiger partial charge is 0.255 e. The van der Waals surface area contributed by atoms with Crippen molar-refractivity contribution in [1.82, 2.24) is 0 Å². The fourth-order valence-electron chi connectivity index (χ4n) is 3.15. The summed E-state index contributed by atoms with van der Waals surface area (Å²) in [5.74, 6) is 1.66. The summed E-state index contributed by atoms with van der Waals surface area (Å²) in [4.78, 5) is 10.7. The van der Waals surface area contributed by atoms with E-state index in [1.807, 2.05) is 24.3 Å². The van der Waals surface area contributed by atoms with Gasteiger partial charge in [-0.2, -0.15) is 0 Å². The molecule has 1 saturated carbocycles. The Morgan fingerprint density at radius 1 is 1.29 bits per heavy atom. The van der Waals surface area contributed by atoms with Gasteiger partial charge in [0.1, 0.15) is 5.75 Å². The zero-order valence-corrected chi connectivity index (χ0v) is 13.0. The van der Waals surface area contributed by atoms with E-state index in [1.165, 1.54) is 25.7 Å². The third-order valence-electron chi connectivity index (χ3n) is 4.26. The number of primary amides is 1. The first-order valence-corrected chi connectivity index (χ1v) is 7.84. The summed E-state index contributed by atoms with van der Waals surface area (Å²) in [6, 6.07) is 8.30. The number of hydrogen-bond acceptors (Lipinski definition) is 3. The lowest BCUT2D eigenvalue weighted by molar-refractivity contribution is -0.119. The molecule has 0 radical (unpaired) electrons. The van der Waals surface area contributed by atoms with Crippen molar-refractivity contribution < 1.29 is 9.53 Å². The molecule has 1 amide bonds. The molecule has 2 atom stereocenters. The molecule has 1 fully saturated rings. The largest absolute Gasteiger partial charge is 0.484 e. The van der Waals surface area contributed by atoms with Crippen molar-refractivity contribution in [2.45, 2.75) is 45.6 Å². The Kier molecular flexibility index (Phi) is 5.48. The van der Waals surface area contributed by atoms with Crippen molar-refractivity contribution in [3.05, 3.63) is 24.3 Å². The van der Waals surface area contributed by atoms with Crippen LogP contribution in [0, 0.1) is 11.8 Å². The summed E-state index contributed by atoms with van der Waals surface area (Å²) in [6.45, 7) is 4.54. The fraction of sp³-hybridized carbons (Fsp3) is 0.588. The van der Waals surface area contributed by atoms with Crippen molar-refractivity contribution in [1.29, 1.82) is 0 Å². The molecule has 1 aliphatic rings. The van der Waals surface area contributed by atoms with Crippen LogP contribution in [-0.4, -0.2) is 18.6 Å². The summed E-state index contributed by atoms with van der Waals surface area (Å²) in [6.07, 6.45) is 5.21. The normalized spacial score (nSPS) is 22.0. The molecule has 116 valence electrons. The molecule has 2 rings (SSSR count). The number of anilines is 1. The second-order valence-corrected chi connectivity index (χ2v) is 6.22. The van der Waals surface area contributed by atoms with Gasteiger partial charge < -0.3 is 15.8 Å². The Morgan fingerprint density at radius 2 is 1.95 bits per heavy atom. The van der Waals surface area contributed by atoms with Crippen LogP contribution in [0.15, 0.2) is 24.3 Å². The summed E-state index contributed by atoms with van der Waals surface area (Å²) in [7, 11) is 0. The highest BCUT2D eigenvalue weighted by Gasteiger charge is 2.27. The monoisotopic (exact) mass is 290 g/mol. The maximum absolute atomic E-state index is 10.7. The molecule has 1 aromatic carbocycles. The van der Waals surface area contributed by atoms with Gasteiger partial charge in [0.05, 0.1) is 0 Å². The van der Waals surface area contributed by atoms with E-state index in [-0.39, 0.29) is 6.61 Å². The molecule has 2 unspecified atom stereocenters. The first-order chi connectivity index (χ1) is 10.1. The first kappa shape index (κ1) is 15.7. The van der Waals surface area contributed by atoms with Gasteiger partial charge in [0, 0.05) is 11.7 Å². The van der Waals surface area contributed by atoms with Crippen molar-refractivity contribution in [2.24, 2.45) is 17.6 Å². The van der Waals surface area contributed by atoms with Crippen LogP contribution in [0.2, 0.25) is 0 Å². The minimum Gasteiger partial charge on any atom is -0.484 e. The Morgan fingerprint density at radius 3 is 2.57 bits per heavy atom. The number of benzene rings is 1. The number of rotatable bonds is 6. The van der Waals surface area contributed by atoms with Gasteiger partial charge >= 0.3 is 0 Å². The Bertz CT molecular complexity index is 456. The van der Waals surface area contributed by atoms with E-state index in [9.17, 15) is 4.79 Å². The Hall–Kier alpha value is -1.71. The first-order valence-electron chi connectivity index (χ1n) is 7.84. The number of nitrogens with one attached hydrogen (secondary N) is 1. The fourth-order valence-corrected chi connectivity index (χ4v) is 3.15. The van der Waals surface area contributed by atoms with Crippen LogP contribution >= 0.6 is 0 Å². The van der Waals surface area contributed by atoms with Crippen LogP contribution in [-0.2, 0) is 4.79 Å². The second-order valence-electron chi connectivity index (χ2n) is 6.22. The number of ether oxygens (including phenoxy) is 1. The van der Waals surface area contributed by atoms with Crippen molar-refractivity contribution in [3.8, 4) is 5.75 Å². The van der Waals surface area contributed by atoms with E-state index in [2.05, 4.69) is 19.2 Å². The lowest BCUT2D eigenvalue weighted by Crippen LogP contribution is -2.35. The van der Waals surface area contributed by atoms with Crippen LogP contribution in [0.25, 0.3) is 0 Å². The van der Waals surface area contributed by atoms with E-state index in [4.69, 9.17) is 10.5 Å². The highest BCUT2D eigenvalue weighted by Crippen LogP contribution is 2.32. The van der Waals surface area contributed by atoms with Gasteiger partial charge in [0.15, 0.2) is 6.61 Å². The van der Waals surface area contributed by atoms with Crippen LogP contribution < -0.4 is 15.8 Å². The average Bonchev–Trinajstić information content (AvgIpc) is 2.47. The SMILES string of the molecule is CC(C)C1CCCCC1Nc1ccc(OCC(N)=O)cc1. The van der Waals surface area contributed by atoms with Gasteiger partial charge in [-0.3, -0.25) is 4.79 Å². The predicted octanol–water partition coefficient (Wildman–Crippen LogP) is 3.18. The number of hydrogen-bond donors (Lipinski definition) is 2. The van der Waals surface area contributed by atoms with Crippen LogP contribution in [0.1, 0.15) is 39.5 Å². The lowest BCUT2D eigenvalue weighted by Gasteiger charge is -2.35. The van der Waals surface area contributed by atoms with E-state index in [0.29, 0.717) is 17.7 Å². The zero-order chi connectivity index (χ0) is 15.2. The van der Waals surface area contributed by atoms with Crippen LogP contribution in [0.3, 0.4) is 0 Å². The number of carbonyl (C=O) groups is 1. The van der Waals surface area contributed by atoms with Crippen molar-refractivity contribution in [3.63, 3.8) is 0 Å². The van der Waals surface area contributed by atoms with Gasteiger partial charge in [-0.25, -0.2) is 0 Å². The molecule has 4 heteroatoms. The molecule has 1 aliphatic carbocycles. The topological polar surface area (TPSA) is 64.3 Å². The maximum Gasteiger partial charge on any atom is 0.255 e. The van der Waals surface area contributed by atoms with Crippen LogP contribution in [0.4, 0.5) is 5.69 Å². The van der Waals surface area contributed by atoms with Gasteiger partial charge in [0.25, 0.3) is 5.91 Å². The number of carbonyl (C=O) groups excluding carboxylic acids is 1. The average molecular weight is 290 g/mol. The van der Waals surface area contributed by atoms with E-state index < -0.39 is 5.91 Å². The lowest BCUT2D eigenvalue weighted by atomic mass is 9.78. The molecule has 1 aromatic rings. The molecular weight excluding hydrogens is 264 g/mol. The molecule has 0 aromatic heterocycles. The third kappa shape index (κ3) is 4.66. The van der Waals surface area contributed by atoms with E-state index in [1.54, 1.807) is 0 Å². The van der Waals surface area contributed by atoms with Gasteiger partial charge in [0.2, 0.25) is 0 Å². The quantitative estimate of drug-likeness (QED) is 0.845. The van der Waals surface area contributed by atoms with Crippen LogP contribution in [0.5, 0.6) is 5.75 Å². The molecule has 0 spiro atoms. The maximum atomic E-state index is 10.7. The van der Waals surface area contributed by atoms with Crippen molar-refractivity contribution >= 4 is 11.6 Å². The molecular formula is C17H26N2O2. The molecule has 0 bridgehead atoms. The number of nitrogens with two attached hydrogens (primary N) is 1. The highest BCUT2D eigenvalue weighted by atomic mass is 16.5. The third-order valence-corrected chi connectivity index (χ3v) is 4.26. The van der Waals surface area contributed by atoms with Gasteiger partial charge in [-0.15, -0.1) is 0 Å².